The zero-order chi connectivity index (χ0) is 24.9. The number of halogens is 3. The van der Waals surface area contributed by atoms with Gasteiger partial charge in [-0.25, -0.2) is 8.42 Å². The average molecular weight is 495 g/mol. The van der Waals surface area contributed by atoms with Crippen LogP contribution in [0.2, 0.25) is 0 Å². The van der Waals surface area contributed by atoms with Crippen molar-refractivity contribution in [3.8, 4) is 5.75 Å². The molecule has 13 heteroatoms. The van der Waals surface area contributed by atoms with Crippen molar-refractivity contribution < 1.29 is 36.0 Å². The monoisotopic (exact) mass is 495 g/mol. The van der Waals surface area contributed by atoms with E-state index in [2.05, 4.69) is 10.0 Å². The molecular weight excluding hydrogens is 479 g/mol. The van der Waals surface area contributed by atoms with Gasteiger partial charge in [-0.05, 0) is 48.5 Å². The Kier molecular flexibility index (Phi) is 7.05. The van der Waals surface area contributed by atoms with Gasteiger partial charge in [0.2, 0.25) is 0 Å². The summed E-state index contributed by atoms with van der Waals surface area (Å²) in [5, 5.41) is 13.2. The van der Waals surface area contributed by atoms with Crippen molar-refractivity contribution in [1.82, 2.24) is 0 Å². The third-order valence-electron chi connectivity index (χ3n) is 4.29. The average Bonchev–Trinajstić information content (AvgIpc) is 2.77. The van der Waals surface area contributed by atoms with Crippen molar-refractivity contribution >= 4 is 33.0 Å². The fourth-order valence-corrected chi connectivity index (χ4v) is 3.78. The maximum atomic E-state index is 12.8. The number of non-ortho nitro benzene ring substituents is 1. The van der Waals surface area contributed by atoms with Crippen molar-refractivity contribution in [3.05, 3.63) is 88.5 Å². The number of nitrogens with one attached hydrogen (secondary N) is 2. The molecule has 0 radical (unpaired) electrons. The number of rotatable bonds is 8. The molecule has 3 aromatic rings. The van der Waals surface area contributed by atoms with Crippen molar-refractivity contribution in [1.29, 1.82) is 0 Å². The highest BCUT2D eigenvalue weighted by Gasteiger charge is 2.30. The molecule has 34 heavy (non-hydrogen) atoms. The smallest absolute Gasteiger partial charge is 0.416 e. The number of carbonyl (C=O) groups excluding carboxylic acids is 1. The second kappa shape index (κ2) is 9.79. The van der Waals surface area contributed by atoms with E-state index in [0.717, 1.165) is 24.3 Å². The molecular formula is C21H16F3N3O6S. The van der Waals surface area contributed by atoms with Crippen LogP contribution < -0.4 is 14.8 Å². The summed E-state index contributed by atoms with van der Waals surface area (Å²) in [6.07, 6.45) is -4.62. The zero-order valence-electron chi connectivity index (χ0n) is 17.1. The molecule has 178 valence electrons. The molecule has 9 nitrogen and oxygen atoms in total. The van der Waals surface area contributed by atoms with Crippen LogP contribution in [-0.2, 0) is 21.0 Å². The predicted octanol–water partition coefficient (Wildman–Crippen LogP) is 4.43. The molecule has 3 aromatic carbocycles. The lowest BCUT2D eigenvalue weighted by molar-refractivity contribution is -0.384. The highest BCUT2D eigenvalue weighted by atomic mass is 32.2. The number of nitro benzene ring substituents is 1. The zero-order valence-corrected chi connectivity index (χ0v) is 17.9. The number of hydrogen-bond donors (Lipinski definition) is 2. The first-order valence-electron chi connectivity index (χ1n) is 9.41. The van der Waals surface area contributed by atoms with Gasteiger partial charge in [-0.15, -0.1) is 0 Å². The summed E-state index contributed by atoms with van der Waals surface area (Å²) in [6.45, 7) is -0.461. The number of sulfonamides is 1. The first-order valence-corrected chi connectivity index (χ1v) is 10.9. The summed E-state index contributed by atoms with van der Waals surface area (Å²) in [4.78, 5) is 21.9. The van der Waals surface area contributed by atoms with Gasteiger partial charge in [0.05, 0.1) is 15.4 Å². The third kappa shape index (κ3) is 6.45. The van der Waals surface area contributed by atoms with Gasteiger partial charge in [-0.2, -0.15) is 13.2 Å². The summed E-state index contributed by atoms with van der Waals surface area (Å²) in [5.74, 6) is -0.462. The molecule has 2 N–H and O–H groups in total. The van der Waals surface area contributed by atoms with E-state index >= 15 is 0 Å². The molecule has 0 atom stereocenters. The van der Waals surface area contributed by atoms with Crippen LogP contribution in [0.15, 0.2) is 77.7 Å². The number of hydrogen-bond acceptors (Lipinski definition) is 6. The van der Waals surface area contributed by atoms with Crippen LogP contribution in [0, 0.1) is 10.1 Å². The molecule has 0 spiro atoms. The standard InChI is InChI=1S/C21H16F3N3O6S/c22-21(23,24)14-3-1-5-16(11-14)26-34(31,32)19-9-7-18(8-10-19)33-13-20(28)25-15-4-2-6-17(12-15)27(29)30/h1-12,26H,13H2,(H,25,28). The molecule has 0 saturated carbocycles. The van der Waals surface area contributed by atoms with Gasteiger partial charge >= 0.3 is 6.18 Å². The summed E-state index contributed by atoms with van der Waals surface area (Å²) >= 11 is 0. The Bertz CT molecular complexity index is 1310. The van der Waals surface area contributed by atoms with Crippen LogP contribution in [0.4, 0.5) is 30.2 Å². The van der Waals surface area contributed by atoms with E-state index in [1.165, 1.54) is 42.5 Å². The highest BCUT2D eigenvalue weighted by molar-refractivity contribution is 7.92. The lowest BCUT2D eigenvalue weighted by atomic mass is 10.2. The summed E-state index contributed by atoms with van der Waals surface area (Å²) < 4.78 is 70.8. The van der Waals surface area contributed by atoms with Gasteiger partial charge in [0.15, 0.2) is 6.61 Å². The fourth-order valence-electron chi connectivity index (χ4n) is 2.73. The quantitative estimate of drug-likeness (QED) is 0.352. The second-order valence-electron chi connectivity index (χ2n) is 6.80. The number of amides is 1. The van der Waals surface area contributed by atoms with Crippen LogP contribution in [0.25, 0.3) is 0 Å². The summed E-state index contributed by atoms with van der Waals surface area (Å²) in [6, 6.07) is 13.9. The maximum absolute atomic E-state index is 12.8. The molecule has 0 aliphatic heterocycles. The van der Waals surface area contributed by atoms with E-state index in [4.69, 9.17) is 4.74 Å². The minimum Gasteiger partial charge on any atom is -0.484 e. The highest BCUT2D eigenvalue weighted by Crippen LogP contribution is 2.31. The number of benzene rings is 3. The van der Waals surface area contributed by atoms with Crippen LogP contribution >= 0.6 is 0 Å². The Hall–Kier alpha value is -4.13. The Labute approximate surface area is 191 Å². The van der Waals surface area contributed by atoms with E-state index in [0.29, 0.717) is 6.07 Å². The minimum atomic E-state index is -4.62. The van der Waals surface area contributed by atoms with Crippen molar-refractivity contribution in [2.75, 3.05) is 16.6 Å². The SMILES string of the molecule is O=C(COc1ccc(S(=O)(=O)Nc2cccc(C(F)(F)F)c2)cc1)Nc1cccc([N+](=O)[O-])c1. The molecule has 1 amide bonds. The van der Waals surface area contributed by atoms with Gasteiger partial charge in [0.1, 0.15) is 5.75 Å². The second-order valence-corrected chi connectivity index (χ2v) is 8.48. The first kappa shape index (κ1) is 24.5. The molecule has 0 aliphatic rings. The van der Waals surface area contributed by atoms with Crippen molar-refractivity contribution in [2.45, 2.75) is 11.1 Å². The van der Waals surface area contributed by atoms with E-state index in [1.54, 1.807) is 0 Å². The van der Waals surface area contributed by atoms with E-state index in [9.17, 15) is 36.5 Å². The lowest BCUT2D eigenvalue weighted by Gasteiger charge is -2.12. The molecule has 0 fully saturated rings. The summed E-state index contributed by atoms with van der Waals surface area (Å²) in [5.41, 5.74) is -1.26. The molecule has 0 bridgehead atoms. The fraction of sp³-hybridized carbons (Fsp3) is 0.0952. The molecule has 0 heterocycles. The van der Waals surface area contributed by atoms with Gasteiger partial charge in [-0.1, -0.05) is 12.1 Å². The van der Waals surface area contributed by atoms with E-state index < -0.39 is 39.2 Å². The minimum absolute atomic E-state index is 0.146. The number of nitrogens with zero attached hydrogens (tertiary/aromatic N) is 1. The van der Waals surface area contributed by atoms with Crippen LogP contribution in [0.5, 0.6) is 5.75 Å². The predicted molar refractivity (Wildman–Crippen MR) is 116 cm³/mol. The topological polar surface area (TPSA) is 128 Å². The first-order chi connectivity index (χ1) is 15.9. The molecule has 0 aromatic heterocycles. The number of anilines is 2. The van der Waals surface area contributed by atoms with Gasteiger partial charge < -0.3 is 10.1 Å². The molecule has 0 aliphatic carbocycles. The van der Waals surface area contributed by atoms with Gasteiger partial charge in [-0.3, -0.25) is 19.6 Å². The lowest BCUT2D eigenvalue weighted by Crippen LogP contribution is -2.20. The number of ether oxygens (including phenoxy) is 1. The molecule has 3 rings (SSSR count). The van der Waals surface area contributed by atoms with Gasteiger partial charge in [0.25, 0.3) is 21.6 Å². The van der Waals surface area contributed by atoms with Crippen LogP contribution in [0.3, 0.4) is 0 Å². The van der Waals surface area contributed by atoms with Crippen LogP contribution in [0.1, 0.15) is 5.56 Å². The number of nitro groups is 1. The normalized spacial score (nSPS) is 11.5. The Morgan fingerprint density at radius 1 is 0.971 bits per heavy atom. The van der Waals surface area contributed by atoms with Crippen LogP contribution in [-0.4, -0.2) is 25.9 Å². The van der Waals surface area contributed by atoms with Crippen molar-refractivity contribution in [3.63, 3.8) is 0 Å². The van der Waals surface area contributed by atoms with Gasteiger partial charge in [0, 0.05) is 23.5 Å². The molecule has 0 saturated heterocycles. The number of alkyl halides is 3. The summed E-state index contributed by atoms with van der Waals surface area (Å²) in [7, 11) is -4.18. The molecule has 0 unspecified atom stereocenters. The Morgan fingerprint density at radius 2 is 1.62 bits per heavy atom. The van der Waals surface area contributed by atoms with Crippen molar-refractivity contribution in [2.24, 2.45) is 0 Å². The van der Waals surface area contributed by atoms with E-state index in [1.807, 2.05) is 0 Å². The van der Waals surface area contributed by atoms with E-state index in [-0.39, 0.29) is 27.7 Å². The maximum Gasteiger partial charge on any atom is 0.416 e. The number of carbonyl (C=O) groups is 1. The Balaban J connectivity index is 1.60. The largest absolute Gasteiger partial charge is 0.484 e. The Morgan fingerprint density at radius 3 is 2.26 bits per heavy atom. The third-order valence-corrected chi connectivity index (χ3v) is 5.68.